The van der Waals surface area contributed by atoms with E-state index in [4.69, 9.17) is 4.74 Å². The summed E-state index contributed by atoms with van der Waals surface area (Å²) in [5.41, 5.74) is -0.375. The lowest BCUT2D eigenvalue weighted by Gasteiger charge is -2.27. The Hall–Kier alpha value is -0.770. The molecule has 1 saturated carbocycles. The maximum atomic E-state index is 11.5. The van der Waals surface area contributed by atoms with Gasteiger partial charge in [0.2, 0.25) is 0 Å². The largest absolute Gasteiger partial charge is 0.444 e. The van der Waals surface area contributed by atoms with Gasteiger partial charge in [0.05, 0.1) is 0 Å². The van der Waals surface area contributed by atoms with Gasteiger partial charge in [0.15, 0.2) is 0 Å². The lowest BCUT2D eigenvalue weighted by molar-refractivity contribution is 0.0506. The number of rotatable bonds is 5. The van der Waals surface area contributed by atoms with Crippen LogP contribution in [-0.2, 0) is 4.74 Å². The molecule has 0 saturated heterocycles. The van der Waals surface area contributed by atoms with Gasteiger partial charge in [-0.25, -0.2) is 4.79 Å². The molecule has 4 heteroatoms. The van der Waals surface area contributed by atoms with Crippen LogP contribution in [0.25, 0.3) is 0 Å². The van der Waals surface area contributed by atoms with Crippen LogP contribution in [0.5, 0.6) is 0 Å². The van der Waals surface area contributed by atoms with Crippen molar-refractivity contribution >= 4 is 6.09 Å². The summed E-state index contributed by atoms with van der Waals surface area (Å²) in [5.74, 6) is 0. The average Bonchev–Trinajstić information content (AvgIpc) is 2.93. The normalized spacial score (nSPS) is 16.8. The Kier molecular flexibility index (Phi) is 4.42. The zero-order valence-electron chi connectivity index (χ0n) is 11.7. The fourth-order valence-electron chi connectivity index (χ4n) is 1.40. The lowest BCUT2D eigenvalue weighted by atomic mass is 9.93. The first-order valence-corrected chi connectivity index (χ1v) is 6.38. The van der Waals surface area contributed by atoms with Crippen LogP contribution in [0.3, 0.4) is 0 Å². The molecule has 1 amide bonds. The molecule has 0 aliphatic heterocycles. The molecule has 17 heavy (non-hydrogen) atoms. The van der Waals surface area contributed by atoms with E-state index in [1.165, 1.54) is 12.8 Å². The van der Waals surface area contributed by atoms with Crippen LogP contribution in [0.1, 0.15) is 47.5 Å². The topological polar surface area (TPSA) is 50.4 Å². The van der Waals surface area contributed by atoms with Gasteiger partial charge >= 0.3 is 6.09 Å². The first-order valence-electron chi connectivity index (χ1n) is 6.38. The molecule has 2 N–H and O–H groups in total. The van der Waals surface area contributed by atoms with Gasteiger partial charge in [0.25, 0.3) is 0 Å². The Morgan fingerprint density at radius 2 is 1.76 bits per heavy atom. The lowest BCUT2D eigenvalue weighted by Crippen LogP contribution is -2.42. The number of carbonyl (C=O) groups is 1. The smallest absolute Gasteiger partial charge is 0.407 e. The molecule has 100 valence electrons. The molecule has 0 aromatic heterocycles. The van der Waals surface area contributed by atoms with Crippen molar-refractivity contribution in [3.63, 3.8) is 0 Å². The average molecular weight is 242 g/mol. The third kappa shape index (κ3) is 7.21. The Morgan fingerprint density at radius 3 is 2.24 bits per heavy atom. The SMILES string of the molecule is CC(C)(CNC(=O)OC(C)(C)C)CNC1CC1. The van der Waals surface area contributed by atoms with Crippen LogP contribution < -0.4 is 10.6 Å². The van der Waals surface area contributed by atoms with Crippen LogP contribution in [0.2, 0.25) is 0 Å². The molecular formula is C13H26N2O2. The Morgan fingerprint density at radius 1 is 1.18 bits per heavy atom. The molecule has 1 fully saturated rings. The minimum Gasteiger partial charge on any atom is -0.444 e. The van der Waals surface area contributed by atoms with Crippen molar-refractivity contribution in [3.8, 4) is 0 Å². The van der Waals surface area contributed by atoms with E-state index in [1.807, 2.05) is 20.8 Å². The number of amides is 1. The van der Waals surface area contributed by atoms with Crippen molar-refractivity contribution in [1.29, 1.82) is 0 Å². The Labute approximate surface area is 104 Å². The van der Waals surface area contributed by atoms with Gasteiger partial charge in [-0.2, -0.15) is 0 Å². The highest BCUT2D eigenvalue weighted by Crippen LogP contribution is 2.21. The van der Waals surface area contributed by atoms with E-state index in [2.05, 4.69) is 24.5 Å². The fraction of sp³-hybridized carbons (Fsp3) is 0.923. The molecule has 0 aromatic carbocycles. The first-order chi connectivity index (χ1) is 7.68. The van der Waals surface area contributed by atoms with Crippen LogP contribution in [-0.4, -0.2) is 30.8 Å². The Balaban J connectivity index is 2.20. The molecule has 0 atom stereocenters. The minimum atomic E-state index is -0.430. The molecule has 0 radical (unpaired) electrons. The summed E-state index contributed by atoms with van der Waals surface area (Å²) in [4.78, 5) is 11.5. The van der Waals surface area contributed by atoms with Gasteiger partial charge in [-0.05, 0) is 39.0 Å². The van der Waals surface area contributed by atoms with Crippen LogP contribution in [0.15, 0.2) is 0 Å². The van der Waals surface area contributed by atoms with E-state index in [1.54, 1.807) is 0 Å². The molecule has 4 nitrogen and oxygen atoms in total. The number of alkyl carbamates (subject to hydrolysis) is 1. The molecule has 1 aliphatic rings. The molecule has 0 bridgehead atoms. The second-order valence-corrected chi connectivity index (χ2v) is 6.67. The van der Waals surface area contributed by atoms with Crippen molar-refractivity contribution in [1.82, 2.24) is 10.6 Å². The number of hydrogen-bond donors (Lipinski definition) is 2. The van der Waals surface area contributed by atoms with Crippen molar-refractivity contribution in [2.75, 3.05) is 13.1 Å². The number of nitrogens with one attached hydrogen (secondary N) is 2. The first kappa shape index (κ1) is 14.3. The van der Waals surface area contributed by atoms with Gasteiger partial charge in [-0.3, -0.25) is 0 Å². The highest BCUT2D eigenvalue weighted by Gasteiger charge is 2.26. The van der Waals surface area contributed by atoms with E-state index in [0.717, 1.165) is 6.54 Å². The van der Waals surface area contributed by atoms with Crippen molar-refractivity contribution < 1.29 is 9.53 Å². The van der Waals surface area contributed by atoms with E-state index < -0.39 is 5.60 Å². The van der Waals surface area contributed by atoms with E-state index in [-0.39, 0.29) is 11.5 Å². The summed E-state index contributed by atoms with van der Waals surface area (Å²) in [5, 5.41) is 6.30. The molecule has 1 aliphatic carbocycles. The quantitative estimate of drug-likeness (QED) is 0.777. The van der Waals surface area contributed by atoms with Gasteiger partial charge < -0.3 is 15.4 Å². The maximum Gasteiger partial charge on any atom is 0.407 e. The zero-order chi connectivity index (χ0) is 13.1. The van der Waals surface area contributed by atoms with Crippen LogP contribution >= 0.6 is 0 Å². The van der Waals surface area contributed by atoms with E-state index in [9.17, 15) is 4.79 Å². The van der Waals surface area contributed by atoms with Crippen molar-refractivity contribution in [2.45, 2.75) is 59.1 Å². The maximum absolute atomic E-state index is 11.5. The fourth-order valence-corrected chi connectivity index (χ4v) is 1.40. The highest BCUT2D eigenvalue weighted by atomic mass is 16.6. The van der Waals surface area contributed by atoms with Gasteiger partial charge in [-0.1, -0.05) is 13.8 Å². The number of carbonyl (C=O) groups excluding carboxylic acids is 1. The predicted molar refractivity (Wildman–Crippen MR) is 69.0 cm³/mol. The van der Waals surface area contributed by atoms with E-state index in [0.29, 0.717) is 12.6 Å². The molecule has 0 heterocycles. The molecule has 0 unspecified atom stereocenters. The van der Waals surface area contributed by atoms with Crippen molar-refractivity contribution in [3.05, 3.63) is 0 Å². The second-order valence-electron chi connectivity index (χ2n) is 6.67. The standard InChI is InChI=1S/C13H26N2O2/c1-12(2,3)17-11(16)15-9-13(4,5)8-14-10-6-7-10/h10,14H,6-9H2,1-5H3,(H,15,16). The monoisotopic (exact) mass is 242 g/mol. The highest BCUT2D eigenvalue weighted by molar-refractivity contribution is 5.67. The van der Waals surface area contributed by atoms with Gasteiger partial charge in [0, 0.05) is 19.1 Å². The number of ether oxygens (including phenoxy) is 1. The molecule has 0 aromatic rings. The third-order valence-electron chi connectivity index (χ3n) is 2.56. The molecule has 1 rings (SSSR count). The summed E-state index contributed by atoms with van der Waals surface area (Å²) in [6.07, 6.45) is 2.24. The van der Waals surface area contributed by atoms with Crippen LogP contribution in [0, 0.1) is 5.41 Å². The summed E-state index contributed by atoms with van der Waals surface area (Å²) in [7, 11) is 0. The summed E-state index contributed by atoms with van der Waals surface area (Å²) < 4.78 is 5.20. The van der Waals surface area contributed by atoms with Gasteiger partial charge in [0.1, 0.15) is 5.60 Å². The predicted octanol–water partition coefficient (Wildman–Crippen LogP) is 2.29. The minimum absolute atomic E-state index is 0.0551. The second kappa shape index (κ2) is 5.25. The number of hydrogen-bond acceptors (Lipinski definition) is 3. The van der Waals surface area contributed by atoms with Crippen LogP contribution in [0.4, 0.5) is 4.79 Å². The zero-order valence-corrected chi connectivity index (χ0v) is 11.7. The van der Waals surface area contributed by atoms with Gasteiger partial charge in [-0.15, -0.1) is 0 Å². The van der Waals surface area contributed by atoms with E-state index >= 15 is 0 Å². The summed E-state index contributed by atoms with van der Waals surface area (Å²) >= 11 is 0. The molecular weight excluding hydrogens is 216 g/mol. The molecule has 0 spiro atoms. The summed E-state index contributed by atoms with van der Waals surface area (Å²) in [6.45, 7) is 11.4. The van der Waals surface area contributed by atoms with Crippen molar-refractivity contribution in [2.24, 2.45) is 5.41 Å². The third-order valence-corrected chi connectivity index (χ3v) is 2.56. The summed E-state index contributed by atoms with van der Waals surface area (Å²) in [6, 6.07) is 0.704. The Bertz CT molecular complexity index is 265.